The fourth-order valence-corrected chi connectivity index (χ4v) is 2.51. The Morgan fingerprint density at radius 2 is 2.10 bits per heavy atom. The number of esters is 1. The summed E-state index contributed by atoms with van der Waals surface area (Å²) in [4.78, 5) is 11.9. The maximum atomic E-state index is 11.9. The van der Waals surface area contributed by atoms with Crippen LogP contribution in [0.15, 0.2) is 30.3 Å². The minimum atomic E-state index is -0.237. The minimum Gasteiger partial charge on any atom is -0.463 e. The molecule has 0 aliphatic carbocycles. The molecule has 0 saturated carbocycles. The standard InChI is InChI=1S/C16H18N3O2/c1-4-21-16(20)10-18-13-7-5-6-8-14(13)19-15(18)9-11(2)12(3)17-19/h5-9H,4,10H2,1-3H3/q+1. The fraction of sp³-hybridized carbons (Fsp3) is 0.312. The third-order valence-corrected chi connectivity index (χ3v) is 3.65. The number of rotatable bonds is 3. The first kappa shape index (κ1) is 13.5. The zero-order valence-electron chi connectivity index (χ0n) is 12.5. The van der Waals surface area contributed by atoms with Gasteiger partial charge in [-0.25, -0.2) is 9.36 Å². The maximum absolute atomic E-state index is 11.9. The predicted octanol–water partition coefficient (Wildman–Crippen LogP) is 1.95. The number of nitrogens with zero attached hydrogens (tertiary/aromatic N) is 3. The van der Waals surface area contributed by atoms with Crippen molar-refractivity contribution in [3.05, 3.63) is 41.6 Å². The Morgan fingerprint density at radius 1 is 1.33 bits per heavy atom. The molecule has 0 N–H and O–H groups in total. The average Bonchev–Trinajstić information content (AvgIpc) is 2.74. The van der Waals surface area contributed by atoms with Gasteiger partial charge in [-0.15, -0.1) is 0 Å². The molecule has 0 unspecified atom stereocenters. The normalized spacial score (nSPS) is 11.2. The van der Waals surface area contributed by atoms with Crippen molar-refractivity contribution in [1.29, 1.82) is 0 Å². The first-order valence-corrected chi connectivity index (χ1v) is 7.05. The first-order valence-electron chi connectivity index (χ1n) is 7.05. The lowest BCUT2D eigenvalue weighted by molar-refractivity contribution is -0.634. The molecule has 0 aliphatic rings. The van der Waals surface area contributed by atoms with Crippen LogP contribution in [0.3, 0.4) is 0 Å². The van der Waals surface area contributed by atoms with E-state index in [0.29, 0.717) is 6.61 Å². The van der Waals surface area contributed by atoms with Crippen LogP contribution in [0.5, 0.6) is 0 Å². The number of carbonyl (C=O) groups excluding carboxylic acids is 1. The summed E-state index contributed by atoms with van der Waals surface area (Å²) in [6, 6.07) is 9.99. The van der Waals surface area contributed by atoms with E-state index >= 15 is 0 Å². The van der Waals surface area contributed by atoms with Crippen molar-refractivity contribution in [2.24, 2.45) is 0 Å². The summed E-state index contributed by atoms with van der Waals surface area (Å²) < 4.78 is 8.91. The molecule has 21 heavy (non-hydrogen) atoms. The van der Waals surface area contributed by atoms with Crippen molar-refractivity contribution in [3.63, 3.8) is 0 Å². The highest BCUT2D eigenvalue weighted by atomic mass is 16.5. The lowest BCUT2D eigenvalue weighted by Gasteiger charge is -2.01. The topological polar surface area (TPSA) is 47.5 Å². The summed E-state index contributed by atoms with van der Waals surface area (Å²) >= 11 is 0. The molecule has 0 aliphatic heterocycles. The smallest absolute Gasteiger partial charge is 0.348 e. The summed E-state index contributed by atoms with van der Waals surface area (Å²) in [5, 5.41) is 4.62. The molecule has 2 heterocycles. The number of imidazole rings is 1. The number of aryl methyl sites for hydroxylation is 2. The number of fused-ring (bicyclic) bond motifs is 3. The maximum Gasteiger partial charge on any atom is 0.348 e. The summed E-state index contributed by atoms with van der Waals surface area (Å²) in [6.45, 7) is 6.40. The van der Waals surface area contributed by atoms with E-state index in [1.54, 1.807) is 0 Å². The molecular weight excluding hydrogens is 266 g/mol. The van der Waals surface area contributed by atoms with Crippen molar-refractivity contribution in [2.75, 3.05) is 6.61 Å². The molecule has 3 aromatic rings. The molecule has 5 heteroatoms. The summed E-state index contributed by atoms with van der Waals surface area (Å²) in [7, 11) is 0. The van der Waals surface area contributed by atoms with Crippen LogP contribution in [0, 0.1) is 13.8 Å². The Hall–Kier alpha value is -2.43. The van der Waals surface area contributed by atoms with Crippen LogP contribution >= 0.6 is 0 Å². The lowest BCUT2D eigenvalue weighted by Crippen LogP contribution is -2.38. The second-order valence-electron chi connectivity index (χ2n) is 5.06. The van der Waals surface area contributed by atoms with Gasteiger partial charge in [0.15, 0.2) is 12.1 Å². The molecule has 0 fully saturated rings. The van der Waals surface area contributed by atoms with Crippen LogP contribution in [0.2, 0.25) is 0 Å². The highest BCUT2D eigenvalue weighted by molar-refractivity contribution is 5.76. The monoisotopic (exact) mass is 284 g/mol. The van der Waals surface area contributed by atoms with E-state index < -0.39 is 0 Å². The SMILES string of the molecule is CCOC(=O)C[n+]1c2ccccc2n2nc(C)c(C)cc21. The number of hydrogen-bond donors (Lipinski definition) is 0. The van der Waals surface area contributed by atoms with Gasteiger partial charge in [0.1, 0.15) is 0 Å². The van der Waals surface area contributed by atoms with Gasteiger partial charge in [0, 0.05) is 6.07 Å². The van der Waals surface area contributed by atoms with Crippen LogP contribution in [0.4, 0.5) is 0 Å². The van der Waals surface area contributed by atoms with Crippen molar-refractivity contribution >= 4 is 22.6 Å². The predicted molar refractivity (Wildman–Crippen MR) is 79.0 cm³/mol. The van der Waals surface area contributed by atoms with Gasteiger partial charge in [-0.2, -0.15) is 0 Å². The third kappa shape index (κ3) is 2.24. The molecule has 1 aromatic carbocycles. The molecule has 2 aromatic heterocycles. The zero-order chi connectivity index (χ0) is 15.0. The van der Waals surface area contributed by atoms with Crippen molar-refractivity contribution in [1.82, 2.24) is 9.61 Å². The quantitative estimate of drug-likeness (QED) is 0.545. The van der Waals surface area contributed by atoms with Gasteiger partial charge in [-0.05, 0) is 38.5 Å². The number of aromatic nitrogens is 3. The molecular formula is C16H18N3O2+. The number of carbonyl (C=O) groups is 1. The van der Waals surface area contributed by atoms with Gasteiger partial charge >= 0.3 is 11.6 Å². The third-order valence-electron chi connectivity index (χ3n) is 3.65. The summed E-state index contributed by atoms with van der Waals surface area (Å²) in [5.41, 5.74) is 4.93. The second kappa shape index (κ2) is 5.16. The van der Waals surface area contributed by atoms with Crippen molar-refractivity contribution in [3.8, 4) is 0 Å². The van der Waals surface area contributed by atoms with Crippen molar-refractivity contribution in [2.45, 2.75) is 27.3 Å². The van der Waals surface area contributed by atoms with Gasteiger partial charge in [0.25, 0.3) is 0 Å². The van der Waals surface area contributed by atoms with Crippen LogP contribution in [0.25, 0.3) is 16.7 Å². The van der Waals surface area contributed by atoms with Gasteiger partial charge in [0.05, 0.1) is 12.3 Å². The molecule has 0 bridgehead atoms. The second-order valence-corrected chi connectivity index (χ2v) is 5.06. The largest absolute Gasteiger partial charge is 0.463 e. The molecule has 3 rings (SSSR count). The molecule has 108 valence electrons. The van der Waals surface area contributed by atoms with E-state index in [2.05, 4.69) is 11.2 Å². The Morgan fingerprint density at radius 3 is 2.86 bits per heavy atom. The molecule has 0 saturated heterocycles. The molecule has 0 radical (unpaired) electrons. The Kier molecular flexibility index (Phi) is 3.33. The summed E-state index contributed by atoms with van der Waals surface area (Å²) in [5.74, 6) is -0.237. The molecule has 0 atom stereocenters. The first-order chi connectivity index (χ1) is 10.1. The summed E-state index contributed by atoms with van der Waals surface area (Å²) in [6.07, 6.45) is 0. The van der Waals surface area contributed by atoms with Gasteiger partial charge in [-0.1, -0.05) is 21.7 Å². The van der Waals surface area contributed by atoms with Crippen LogP contribution in [-0.2, 0) is 16.1 Å². The van der Waals surface area contributed by atoms with Crippen molar-refractivity contribution < 1.29 is 14.1 Å². The Bertz CT molecular complexity index is 836. The van der Waals surface area contributed by atoms with Gasteiger partial charge < -0.3 is 4.74 Å². The van der Waals surface area contributed by atoms with E-state index in [9.17, 15) is 4.79 Å². The molecule has 5 nitrogen and oxygen atoms in total. The number of hydrogen-bond acceptors (Lipinski definition) is 3. The van der Waals surface area contributed by atoms with E-state index in [4.69, 9.17) is 4.74 Å². The lowest BCUT2D eigenvalue weighted by atomic mass is 10.2. The van der Waals surface area contributed by atoms with Gasteiger partial charge in [0.2, 0.25) is 5.52 Å². The highest BCUT2D eigenvalue weighted by Gasteiger charge is 2.23. The van der Waals surface area contributed by atoms with E-state index in [0.717, 1.165) is 27.9 Å². The fourth-order valence-electron chi connectivity index (χ4n) is 2.51. The number of ether oxygens (including phenoxy) is 1. The Labute approximate surface area is 122 Å². The van der Waals surface area contributed by atoms with E-state index in [-0.39, 0.29) is 12.5 Å². The van der Waals surface area contributed by atoms with Gasteiger partial charge in [-0.3, -0.25) is 0 Å². The van der Waals surface area contributed by atoms with E-state index in [1.165, 1.54) is 0 Å². The molecule has 0 spiro atoms. The average molecular weight is 284 g/mol. The van der Waals surface area contributed by atoms with Crippen LogP contribution < -0.4 is 4.57 Å². The van der Waals surface area contributed by atoms with Crippen LogP contribution in [-0.4, -0.2) is 22.2 Å². The number of benzene rings is 1. The van der Waals surface area contributed by atoms with E-state index in [1.807, 2.05) is 54.1 Å². The van der Waals surface area contributed by atoms with Crippen LogP contribution in [0.1, 0.15) is 18.2 Å². The Balaban J connectivity index is 2.28. The number of para-hydroxylation sites is 2. The molecule has 0 amide bonds. The minimum absolute atomic E-state index is 0.190. The highest BCUT2D eigenvalue weighted by Crippen LogP contribution is 2.15. The zero-order valence-corrected chi connectivity index (χ0v) is 12.5.